The molecule has 2 aromatic carbocycles. The van der Waals surface area contributed by atoms with E-state index in [1.807, 2.05) is 54.6 Å². The molecule has 0 aromatic heterocycles. The van der Waals surface area contributed by atoms with Crippen molar-refractivity contribution in [2.75, 3.05) is 0 Å². The van der Waals surface area contributed by atoms with E-state index in [9.17, 15) is 10.1 Å². The monoisotopic (exact) mass is 337 g/mol. The number of azo groups is 2. The molecule has 0 radical (unpaired) electrons. The Labute approximate surface area is 145 Å². The molecule has 1 fully saturated rings. The molecule has 0 N–H and O–H groups in total. The lowest BCUT2D eigenvalue weighted by Gasteiger charge is -2.19. The Morgan fingerprint density at radius 3 is 1.84 bits per heavy atom. The van der Waals surface area contributed by atoms with Crippen LogP contribution in [-0.2, 0) is 0 Å². The van der Waals surface area contributed by atoms with E-state index < -0.39 is 6.04 Å². The Kier molecular flexibility index (Phi) is 5.56. The maximum absolute atomic E-state index is 10.8. The van der Waals surface area contributed by atoms with Crippen LogP contribution in [0.4, 0.5) is 17.1 Å². The summed E-state index contributed by atoms with van der Waals surface area (Å²) < 4.78 is 0. The SMILES string of the molecule is O=[N+]([O-])C1CCC(N=Nc2ccc(N=Nc3ccccc3)cc2)CC1. The molecule has 1 aliphatic rings. The van der Waals surface area contributed by atoms with Gasteiger partial charge in [0.25, 0.3) is 0 Å². The first-order chi connectivity index (χ1) is 12.2. The van der Waals surface area contributed by atoms with Crippen LogP contribution in [-0.4, -0.2) is 17.0 Å². The molecule has 0 atom stereocenters. The van der Waals surface area contributed by atoms with Crippen molar-refractivity contribution in [3.05, 3.63) is 64.7 Å². The number of benzene rings is 2. The van der Waals surface area contributed by atoms with Gasteiger partial charge in [0.05, 0.1) is 23.1 Å². The first-order valence-electron chi connectivity index (χ1n) is 8.32. The predicted octanol–water partition coefficient (Wildman–Crippen LogP) is 5.77. The molecule has 25 heavy (non-hydrogen) atoms. The molecule has 0 aliphatic heterocycles. The molecular formula is C18H19N5O2. The fraction of sp³-hybridized carbons (Fsp3) is 0.333. The summed E-state index contributed by atoms with van der Waals surface area (Å²) in [5, 5.41) is 27.7. The van der Waals surface area contributed by atoms with E-state index in [0.717, 1.165) is 29.9 Å². The predicted molar refractivity (Wildman–Crippen MR) is 94.6 cm³/mol. The molecule has 0 amide bonds. The van der Waals surface area contributed by atoms with Crippen LogP contribution in [0.3, 0.4) is 0 Å². The van der Waals surface area contributed by atoms with Crippen LogP contribution < -0.4 is 0 Å². The molecule has 0 spiro atoms. The minimum atomic E-state index is -0.416. The lowest BCUT2D eigenvalue weighted by Crippen LogP contribution is -2.27. The first-order valence-corrected chi connectivity index (χ1v) is 8.32. The fourth-order valence-electron chi connectivity index (χ4n) is 2.73. The standard InChI is InChI=1S/C18H19N5O2/c24-23(25)18-12-10-17(11-13-18)22-21-16-8-6-15(7-9-16)20-19-14-4-2-1-3-5-14/h1-9,17-18H,10-13H2. The highest BCUT2D eigenvalue weighted by Crippen LogP contribution is 2.26. The van der Waals surface area contributed by atoms with Crippen molar-refractivity contribution in [2.45, 2.75) is 37.8 Å². The summed E-state index contributed by atoms with van der Waals surface area (Å²) in [6, 6.07) is 16.6. The van der Waals surface area contributed by atoms with Crippen molar-refractivity contribution in [1.82, 2.24) is 0 Å². The van der Waals surface area contributed by atoms with Gasteiger partial charge in [0, 0.05) is 17.8 Å². The minimum absolute atomic E-state index is 0.0774. The molecule has 3 rings (SSSR count). The Balaban J connectivity index is 1.54. The number of hydrogen-bond acceptors (Lipinski definition) is 6. The number of rotatable bonds is 5. The summed E-state index contributed by atoms with van der Waals surface area (Å²) in [5.41, 5.74) is 2.29. The summed E-state index contributed by atoms with van der Waals surface area (Å²) in [7, 11) is 0. The van der Waals surface area contributed by atoms with E-state index in [4.69, 9.17) is 0 Å². The van der Waals surface area contributed by atoms with Crippen LogP contribution in [0.15, 0.2) is 75.1 Å². The normalized spacial score (nSPS) is 21.0. The van der Waals surface area contributed by atoms with Gasteiger partial charge in [0.1, 0.15) is 0 Å². The second kappa shape index (κ2) is 8.23. The zero-order chi connectivity index (χ0) is 17.5. The number of nitro groups is 1. The highest BCUT2D eigenvalue weighted by atomic mass is 16.6. The summed E-state index contributed by atoms with van der Waals surface area (Å²) in [6.45, 7) is 0. The maximum atomic E-state index is 10.8. The topological polar surface area (TPSA) is 92.6 Å². The third kappa shape index (κ3) is 5.00. The van der Waals surface area contributed by atoms with Crippen molar-refractivity contribution in [3.8, 4) is 0 Å². The van der Waals surface area contributed by atoms with Gasteiger partial charge in [0.15, 0.2) is 0 Å². The van der Waals surface area contributed by atoms with Gasteiger partial charge in [-0.15, -0.1) is 0 Å². The smallest absolute Gasteiger partial charge is 0.213 e. The molecule has 2 aromatic rings. The van der Waals surface area contributed by atoms with Crippen molar-refractivity contribution >= 4 is 17.1 Å². The van der Waals surface area contributed by atoms with Gasteiger partial charge in [-0.2, -0.15) is 20.5 Å². The average molecular weight is 337 g/mol. The summed E-state index contributed by atoms with van der Waals surface area (Å²) in [4.78, 5) is 10.6. The van der Waals surface area contributed by atoms with Gasteiger partial charge in [0.2, 0.25) is 6.04 Å². The minimum Gasteiger partial charge on any atom is -0.264 e. The molecule has 0 bridgehead atoms. The summed E-state index contributed by atoms with van der Waals surface area (Å²) >= 11 is 0. The van der Waals surface area contributed by atoms with Crippen molar-refractivity contribution < 1.29 is 4.92 Å². The largest absolute Gasteiger partial charge is 0.264 e. The second-order valence-electron chi connectivity index (χ2n) is 6.02. The van der Waals surface area contributed by atoms with E-state index in [1.54, 1.807) is 0 Å². The van der Waals surface area contributed by atoms with Gasteiger partial charge in [-0.25, -0.2) is 0 Å². The second-order valence-corrected chi connectivity index (χ2v) is 6.02. The van der Waals surface area contributed by atoms with E-state index in [-0.39, 0.29) is 11.0 Å². The van der Waals surface area contributed by atoms with Gasteiger partial charge in [-0.3, -0.25) is 10.1 Å². The van der Waals surface area contributed by atoms with Crippen LogP contribution in [0, 0.1) is 10.1 Å². The van der Waals surface area contributed by atoms with Crippen molar-refractivity contribution in [3.63, 3.8) is 0 Å². The van der Waals surface area contributed by atoms with Crippen molar-refractivity contribution in [2.24, 2.45) is 20.5 Å². The Hall–Kier alpha value is -2.96. The molecule has 7 heteroatoms. The Morgan fingerprint density at radius 2 is 1.28 bits per heavy atom. The molecule has 0 saturated heterocycles. The Morgan fingerprint density at radius 1 is 0.760 bits per heavy atom. The van der Waals surface area contributed by atoms with Crippen LogP contribution in [0.5, 0.6) is 0 Å². The number of hydrogen-bond donors (Lipinski definition) is 0. The number of nitrogens with zero attached hydrogens (tertiary/aromatic N) is 5. The lowest BCUT2D eigenvalue weighted by molar-refractivity contribution is -0.526. The molecule has 128 valence electrons. The fourth-order valence-corrected chi connectivity index (χ4v) is 2.73. The molecule has 7 nitrogen and oxygen atoms in total. The third-order valence-corrected chi connectivity index (χ3v) is 4.19. The summed E-state index contributed by atoms with van der Waals surface area (Å²) in [5.74, 6) is 0. The van der Waals surface area contributed by atoms with E-state index in [2.05, 4.69) is 20.5 Å². The Bertz CT molecular complexity index is 751. The summed E-state index contributed by atoms with van der Waals surface area (Å²) in [6.07, 6.45) is 2.60. The van der Waals surface area contributed by atoms with E-state index in [1.165, 1.54) is 0 Å². The highest BCUT2D eigenvalue weighted by molar-refractivity contribution is 5.47. The zero-order valence-electron chi connectivity index (χ0n) is 13.7. The average Bonchev–Trinajstić information content (AvgIpc) is 2.67. The van der Waals surface area contributed by atoms with Gasteiger partial charge < -0.3 is 0 Å². The molecule has 0 heterocycles. The van der Waals surface area contributed by atoms with Gasteiger partial charge in [-0.1, -0.05) is 18.2 Å². The third-order valence-electron chi connectivity index (χ3n) is 4.19. The van der Waals surface area contributed by atoms with Crippen LogP contribution in [0.1, 0.15) is 25.7 Å². The first kappa shape index (κ1) is 16.9. The van der Waals surface area contributed by atoms with Crippen molar-refractivity contribution in [1.29, 1.82) is 0 Å². The van der Waals surface area contributed by atoms with Crippen LogP contribution >= 0.6 is 0 Å². The quantitative estimate of drug-likeness (QED) is 0.393. The highest BCUT2D eigenvalue weighted by Gasteiger charge is 2.28. The van der Waals surface area contributed by atoms with Gasteiger partial charge in [-0.05, 0) is 49.2 Å². The van der Waals surface area contributed by atoms with E-state index in [0.29, 0.717) is 12.8 Å². The van der Waals surface area contributed by atoms with E-state index >= 15 is 0 Å². The molecule has 0 unspecified atom stereocenters. The lowest BCUT2D eigenvalue weighted by atomic mass is 9.92. The van der Waals surface area contributed by atoms with Gasteiger partial charge >= 0.3 is 0 Å². The van der Waals surface area contributed by atoms with Crippen LogP contribution in [0.25, 0.3) is 0 Å². The molecular weight excluding hydrogens is 318 g/mol. The molecule has 1 saturated carbocycles. The molecule has 1 aliphatic carbocycles. The zero-order valence-corrected chi connectivity index (χ0v) is 13.7. The maximum Gasteiger partial charge on any atom is 0.213 e. The van der Waals surface area contributed by atoms with Crippen LogP contribution in [0.2, 0.25) is 0 Å².